The zero-order chi connectivity index (χ0) is 37.3. The maximum Gasteiger partial charge on any atom is 0.137 e. The number of furan rings is 1. The Morgan fingerprint density at radius 1 is 0.375 bits per heavy atom. The molecule has 56 heavy (non-hydrogen) atoms. The van der Waals surface area contributed by atoms with Crippen LogP contribution >= 0.6 is 0 Å². The van der Waals surface area contributed by atoms with Gasteiger partial charge in [-0.15, -0.1) is 0 Å². The molecule has 288 valence electrons. The minimum Gasteiger partial charge on any atom is -0.456 e. The molecule has 1 heterocycles. The first-order chi connectivity index (χ1) is 27.8. The molecule has 0 spiro atoms. The molecular formula is C54H61NO. The van der Waals surface area contributed by atoms with E-state index in [1.54, 1.807) is 22.3 Å². The number of nitrogens with zero attached hydrogens (tertiary/aromatic N) is 1. The summed E-state index contributed by atoms with van der Waals surface area (Å²) in [4.78, 5) is 2.46. The van der Waals surface area contributed by atoms with Crippen LogP contribution in [0.2, 0.25) is 0 Å². The van der Waals surface area contributed by atoms with Crippen molar-refractivity contribution in [1.29, 1.82) is 0 Å². The molecule has 5 aromatic carbocycles. The van der Waals surface area contributed by atoms with Gasteiger partial charge in [0.2, 0.25) is 0 Å². The van der Waals surface area contributed by atoms with Crippen molar-refractivity contribution in [3.8, 4) is 11.1 Å². The van der Waals surface area contributed by atoms with Crippen LogP contribution in [0.5, 0.6) is 0 Å². The summed E-state index contributed by atoms with van der Waals surface area (Å²) in [5.41, 5.74) is 15.0. The lowest BCUT2D eigenvalue weighted by Gasteiger charge is -2.33. The Hall–Kier alpha value is -4.30. The van der Waals surface area contributed by atoms with Crippen molar-refractivity contribution < 1.29 is 4.42 Å². The molecule has 2 nitrogen and oxygen atoms in total. The Balaban J connectivity index is 1.08. The molecule has 4 aliphatic rings. The fourth-order valence-corrected chi connectivity index (χ4v) is 11.6. The molecule has 10 rings (SSSR count). The van der Waals surface area contributed by atoms with Crippen molar-refractivity contribution in [3.63, 3.8) is 0 Å². The predicted molar refractivity (Wildman–Crippen MR) is 237 cm³/mol. The van der Waals surface area contributed by atoms with E-state index in [-0.39, 0.29) is 0 Å². The van der Waals surface area contributed by atoms with E-state index < -0.39 is 0 Å². The summed E-state index contributed by atoms with van der Waals surface area (Å²) in [5, 5.41) is 2.35. The van der Waals surface area contributed by atoms with Crippen LogP contribution in [-0.2, 0) is 0 Å². The van der Waals surface area contributed by atoms with Gasteiger partial charge in [-0.2, -0.15) is 0 Å². The highest BCUT2D eigenvalue weighted by atomic mass is 16.3. The maximum absolute atomic E-state index is 6.46. The Morgan fingerprint density at radius 2 is 0.839 bits per heavy atom. The molecule has 0 aliphatic heterocycles. The van der Waals surface area contributed by atoms with Gasteiger partial charge in [0.15, 0.2) is 0 Å². The number of anilines is 3. The summed E-state index contributed by atoms with van der Waals surface area (Å²) in [6.45, 7) is 0. The Kier molecular flexibility index (Phi) is 10.5. The smallest absolute Gasteiger partial charge is 0.137 e. The predicted octanol–water partition coefficient (Wildman–Crippen LogP) is 16.9. The number of hydrogen-bond donors (Lipinski definition) is 0. The van der Waals surface area contributed by atoms with Crippen molar-refractivity contribution in [1.82, 2.24) is 0 Å². The van der Waals surface area contributed by atoms with Crippen LogP contribution in [0.4, 0.5) is 17.1 Å². The lowest BCUT2D eigenvalue weighted by molar-refractivity contribution is 0.428. The van der Waals surface area contributed by atoms with Crippen LogP contribution in [0.1, 0.15) is 174 Å². The van der Waals surface area contributed by atoms with Crippen LogP contribution in [0.3, 0.4) is 0 Å². The third-order valence-electron chi connectivity index (χ3n) is 14.7. The largest absolute Gasteiger partial charge is 0.456 e. The lowest BCUT2D eigenvalue weighted by Crippen LogP contribution is -2.14. The zero-order valence-corrected chi connectivity index (χ0v) is 33.6. The van der Waals surface area contributed by atoms with E-state index in [1.165, 1.54) is 162 Å². The first-order valence-electron chi connectivity index (χ1n) is 22.9. The van der Waals surface area contributed by atoms with Crippen LogP contribution < -0.4 is 4.90 Å². The molecule has 0 bridgehead atoms. The first-order valence-corrected chi connectivity index (χ1v) is 22.9. The van der Waals surface area contributed by atoms with Crippen LogP contribution in [0.25, 0.3) is 33.1 Å². The summed E-state index contributed by atoms with van der Waals surface area (Å²) in [6, 6.07) is 40.1. The van der Waals surface area contributed by atoms with Crippen LogP contribution in [0, 0.1) is 0 Å². The molecule has 0 unspecified atom stereocenters. The van der Waals surface area contributed by atoms with Gasteiger partial charge < -0.3 is 9.32 Å². The van der Waals surface area contributed by atoms with Gasteiger partial charge >= 0.3 is 0 Å². The summed E-state index contributed by atoms with van der Waals surface area (Å²) >= 11 is 0. The number of para-hydroxylation sites is 1. The van der Waals surface area contributed by atoms with Gasteiger partial charge in [0.25, 0.3) is 0 Å². The molecule has 0 saturated heterocycles. The minimum atomic E-state index is 0.680. The number of rotatable bonds is 8. The molecule has 4 aliphatic carbocycles. The van der Waals surface area contributed by atoms with Crippen molar-refractivity contribution >= 4 is 39.0 Å². The third-order valence-corrected chi connectivity index (χ3v) is 14.7. The highest BCUT2D eigenvalue weighted by molar-refractivity contribution is 6.06. The van der Waals surface area contributed by atoms with E-state index in [0.29, 0.717) is 17.8 Å². The second-order valence-corrected chi connectivity index (χ2v) is 18.2. The van der Waals surface area contributed by atoms with Gasteiger partial charge in [-0.05, 0) is 151 Å². The highest BCUT2D eigenvalue weighted by Crippen LogP contribution is 2.48. The zero-order valence-electron chi connectivity index (χ0n) is 33.6. The third kappa shape index (κ3) is 7.23. The monoisotopic (exact) mass is 739 g/mol. The Morgan fingerprint density at radius 3 is 1.41 bits per heavy atom. The molecule has 0 N–H and O–H groups in total. The molecular weight excluding hydrogens is 679 g/mol. The van der Waals surface area contributed by atoms with Gasteiger partial charge in [0.1, 0.15) is 11.2 Å². The van der Waals surface area contributed by atoms with E-state index in [0.717, 1.165) is 22.8 Å². The van der Waals surface area contributed by atoms with Gasteiger partial charge in [0.05, 0.1) is 0 Å². The average Bonchev–Trinajstić information content (AvgIpc) is 3.66. The van der Waals surface area contributed by atoms with Gasteiger partial charge in [-0.25, -0.2) is 0 Å². The molecule has 0 radical (unpaired) electrons. The quantitative estimate of drug-likeness (QED) is 0.155. The summed E-state index contributed by atoms with van der Waals surface area (Å²) in [5.74, 6) is 2.80. The first kappa shape index (κ1) is 36.1. The van der Waals surface area contributed by atoms with Crippen molar-refractivity contribution in [2.75, 3.05) is 4.90 Å². The highest BCUT2D eigenvalue weighted by Gasteiger charge is 2.29. The van der Waals surface area contributed by atoms with E-state index in [9.17, 15) is 0 Å². The van der Waals surface area contributed by atoms with E-state index in [2.05, 4.69) is 108 Å². The number of hydrogen-bond acceptors (Lipinski definition) is 2. The Labute approximate surface area is 335 Å². The normalized spacial score (nSPS) is 19.5. The van der Waals surface area contributed by atoms with E-state index in [4.69, 9.17) is 4.42 Å². The molecule has 6 aromatic rings. The summed E-state index contributed by atoms with van der Waals surface area (Å²) in [7, 11) is 0. The van der Waals surface area contributed by atoms with Crippen molar-refractivity contribution in [2.45, 2.75) is 152 Å². The van der Waals surface area contributed by atoms with E-state index >= 15 is 0 Å². The van der Waals surface area contributed by atoms with Gasteiger partial charge in [-0.3, -0.25) is 0 Å². The Bertz CT molecular complexity index is 2200. The minimum absolute atomic E-state index is 0.680. The van der Waals surface area contributed by atoms with Crippen LogP contribution in [0.15, 0.2) is 108 Å². The van der Waals surface area contributed by atoms with Gasteiger partial charge in [-0.1, -0.05) is 132 Å². The fraction of sp³-hybridized carbons (Fsp3) is 0.444. The fourth-order valence-electron chi connectivity index (χ4n) is 11.6. The summed E-state index contributed by atoms with van der Waals surface area (Å²) < 4.78 is 6.46. The molecule has 0 atom stereocenters. The maximum atomic E-state index is 6.46. The van der Waals surface area contributed by atoms with Crippen molar-refractivity contribution in [2.24, 2.45) is 0 Å². The lowest BCUT2D eigenvalue weighted by atomic mass is 9.72. The second-order valence-electron chi connectivity index (χ2n) is 18.2. The van der Waals surface area contributed by atoms with Crippen molar-refractivity contribution in [3.05, 3.63) is 125 Å². The number of benzene rings is 5. The molecule has 2 heteroatoms. The summed E-state index contributed by atoms with van der Waals surface area (Å²) in [6.07, 6.45) is 27.4. The second kappa shape index (κ2) is 16.3. The molecule has 0 amide bonds. The SMILES string of the molecule is c1ccc2c(c1)oc1cc(N(c3ccc(-c4c(C5CCCCC5)cc(C5CCCCC5)cc4C4CCCCC4)cc3)c3ccc(C4CCCCC4)cc3)ccc12. The topological polar surface area (TPSA) is 16.4 Å². The van der Waals surface area contributed by atoms with Crippen LogP contribution in [-0.4, -0.2) is 0 Å². The average molecular weight is 740 g/mol. The molecule has 4 fully saturated rings. The van der Waals surface area contributed by atoms with E-state index in [1.807, 2.05) is 0 Å². The molecule has 1 aromatic heterocycles. The molecule has 4 saturated carbocycles. The van der Waals surface area contributed by atoms with Gasteiger partial charge in [0, 0.05) is 33.9 Å². The standard InChI is InChI=1S/C54H61NO/c1-5-15-38(16-6-1)40-25-29-45(30-26-40)55(47-33-34-49-48-23-13-14-24-52(48)56-53(49)37-47)46-31-27-43(28-32-46)54-50(41-19-9-3-10-20-41)35-44(39-17-7-2-8-18-39)36-51(54)42-21-11-4-12-22-42/h13-14,23-39,41-42H,1-12,15-22H2. The number of fused-ring (bicyclic) bond motifs is 3.